The number of benzene rings is 1. The first-order chi connectivity index (χ1) is 14.9. The molecule has 160 valence electrons. The molecule has 0 radical (unpaired) electrons. The van der Waals surface area contributed by atoms with Gasteiger partial charge in [-0.2, -0.15) is 9.57 Å². The van der Waals surface area contributed by atoms with Crippen molar-refractivity contribution in [2.45, 2.75) is 4.90 Å². The van der Waals surface area contributed by atoms with Crippen LogP contribution in [0.2, 0.25) is 0 Å². The minimum atomic E-state index is -3.53. The van der Waals surface area contributed by atoms with Crippen LogP contribution in [0.4, 0.5) is 16.8 Å². The van der Waals surface area contributed by atoms with Gasteiger partial charge in [0.05, 0.1) is 10.6 Å². The molecule has 1 saturated heterocycles. The number of rotatable bonds is 5. The minimum absolute atomic E-state index is 0.244. The van der Waals surface area contributed by atoms with Gasteiger partial charge < -0.3 is 16.0 Å². The van der Waals surface area contributed by atoms with E-state index in [-0.39, 0.29) is 10.0 Å². The molecule has 0 spiro atoms. The van der Waals surface area contributed by atoms with Crippen LogP contribution in [0.1, 0.15) is 4.88 Å². The smallest absolute Gasteiger partial charge is 0.243 e. The third-order valence-electron chi connectivity index (χ3n) is 4.85. The van der Waals surface area contributed by atoms with Crippen LogP contribution in [0.5, 0.6) is 0 Å². The molecule has 0 unspecified atom stereocenters. The monoisotopic (exact) mass is 456 g/mol. The van der Waals surface area contributed by atoms with E-state index >= 15 is 0 Å². The number of hydrogen-bond donors (Lipinski definition) is 2. The molecule has 1 fully saturated rings. The maximum atomic E-state index is 12.8. The summed E-state index contributed by atoms with van der Waals surface area (Å²) in [6.07, 6.45) is 1.55. The molecule has 0 saturated carbocycles. The Labute approximate surface area is 184 Å². The van der Waals surface area contributed by atoms with E-state index in [9.17, 15) is 13.7 Å². The Hall–Kier alpha value is -3.11. The van der Waals surface area contributed by atoms with Gasteiger partial charge in [-0.25, -0.2) is 23.4 Å². The predicted octanol–water partition coefficient (Wildman–Crippen LogP) is 1.73. The van der Waals surface area contributed by atoms with E-state index in [4.69, 9.17) is 5.73 Å². The third-order valence-corrected chi connectivity index (χ3v) is 7.56. The highest BCUT2D eigenvalue weighted by atomic mass is 32.2. The second-order valence-electron chi connectivity index (χ2n) is 6.96. The lowest BCUT2D eigenvalue weighted by Crippen LogP contribution is -2.46. The van der Waals surface area contributed by atoms with Crippen LogP contribution in [0.25, 0.3) is 11.4 Å². The number of piperazine rings is 1. The molecule has 0 aliphatic carbocycles. The van der Waals surface area contributed by atoms with Crippen LogP contribution in [-0.2, 0) is 10.0 Å². The van der Waals surface area contributed by atoms with Crippen molar-refractivity contribution in [3.8, 4) is 17.5 Å². The predicted molar refractivity (Wildman–Crippen MR) is 118 cm³/mol. The standard InChI is InChI=1S/C19H20N8O2S2/c1-26-8-10-27(11-9-26)31(28,29)14-4-2-13(3-5-14)23-19-22-7-6-15(24-19)17-16(12-20)30-18(21)25-17/h2-7H,8-11H2,1H3,(H2,21,25)(H,22,23,24). The molecule has 1 aliphatic heterocycles. The molecule has 3 aromatic rings. The first-order valence-electron chi connectivity index (χ1n) is 9.42. The highest BCUT2D eigenvalue weighted by molar-refractivity contribution is 7.89. The number of likely N-dealkylation sites (N-methyl/N-ethyl adjacent to an activating group) is 1. The first kappa shape index (κ1) is 21.1. The van der Waals surface area contributed by atoms with Crippen LogP contribution in [-0.4, -0.2) is 65.8 Å². The largest absolute Gasteiger partial charge is 0.375 e. The summed E-state index contributed by atoms with van der Waals surface area (Å²) in [5, 5.41) is 12.6. The van der Waals surface area contributed by atoms with Crippen molar-refractivity contribution in [3.05, 3.63) is 41.4 Å². The Morgan fingerprint density at radius 1 is 1.13 bits per heavy atom. The molecule has 0 atom stereocenters. The van der Waals surface area contributed by atoms with Crippen LogP contribution >= 0.6 is 11.3 Å². The number of nitriles is 1. The van der Waals surface area contributed by atoms with E-state index in [1.807, 2.05) is 7.05 Å². The minimum Gasteiger partial charge on any atom is -0.375 e. The Kier molecular flexibility index (Phi) is 5.84. The summed E-state index contributed by atoms with van der Waals surface area (Å²) < 4.78 is 27.2. The second kappa shape index (κ2) is 8.56. The quantitative estimate of drug-likeness (QED) is 0.587. The van der Waals surface area contributed by atoms with E-state index in [0.717, 1.165) is 11.3 Å². The summed E-state index contributed by atoms with van der Waals surface area (Å²) in [7, 11) is -1.55. The van der Waals surface area contributed by atoms with E-state index < -0.39 is 10.0 Å². The van der Waals surface area contributed by atoms with Gasteiger partial charge in [-0.15, -0.1) is 0 Å². The Balaban J connectivity index is 1.51. The lowest BCUT2D eigenvalue weighted by molar-refractivity contribution is 0.222. The number of thiazole rings is 1. The van der Waals surface area contributed by atoms with Crippen molar-refractivity contribution >= 4 is 38.1 Å². The number of nitrogens with two attached hydrogens (primary N) is 1. The average molecular weight is 457 g/mol. The molecule has 1 aliphatic rings. The SMILES string of the molecule is CN1CCN(S(=O)(=O)c2ccc(Nc3nccc(-c4nc(N)sc4C#N)n3)cc2)CC1. The lowest BCUT2D eigenvalue weighted by atomic mass is 10.3. The molecule has 12 heteroatoms. The van der Waals surface area contributed by atoms with Gasteiger partial charge in [-0.05, 0) is 37.4 Å². The maximum Gasteiger partial charge on any atom is 0.243 e. The number of anilines is 3. The van der Waals surface area contributed by atoms with Crippen molar-refractivity contribution < 1.29 is 8.42 Å². The van der Waals surface area contributed by atoms with Crippen molar-refractivity contribution in [1.82, 2.24) is 24.2 Å². The van der Waals surface area contributed by atoms with Crippen LogP contribution < -0.4 is 11.1 Å². The molecule has 4 rings (SSSR count). The number of aromatic nitrogens is 3. The van der Waals surface area contributed by atoms with Gasteiger partial charge in [0.25, 0.3) is 0 Å². The molecule has 0 bridgehead atoms. The molecular weight excluding hydrogens is 436 g/mol. The molecule has 10 nitrogen and oxygen atoms in total. The Bertz CT molecular complexity index is 1230. The van der Waals surface area contributed by atoms with Crippen LogP contribution in [0, 0.1) is 11.3 Å². The Morgan fingerprint density at radius 3 is 2.52 bits per heavy atom. The summed E-state index contributed by atoms with van der Waals surface area (Å²) in [5.74, 6) is 0.294. The van der Waals surface area contributed by atoms with E-state index in [1.54, 1.807) is 36.5 Å². The highest BCUT2D eigenvalue weighted by Crippen LogP contribution is 2.28. The zero-order chi connectivity index (χ0) is 22.0. The number of hydrogen-bond acceptors (Lipinski definition) is 10. The summed E-state index contributed by atoms with van der Waals surface area (Å²) in [6, 6.07) is 10.2. The number of nitrogens with zero attached hydrogens (tertiary/aromatic N) is 6. The van der Waals surface area contributed by atoms with Gasteiger partial charge in [0.1, 0.15) is 16.6 Å². The van der Waals surface area contributed by atoms with Crippen LogP contribution in [0.3, 0.4) is 0 Å². The summed E-state index contributed by atoms with van der Waals surface area (Å²) in [6.45, 7) is 2.38. The molecule has 0 amide bonds. The molecule has 3 heterocycles. The Morgan fingerprint density at radius 2 is 1.84 bits per heavy atom. The fourth-order valence-electron chi connectivity index (χ4n) is 3.15. The number of nitrogens with one attached hydrogen (secondary N) is 1. The average Bonchev–Trinajstić information content (AvgIpc) is 3.15. The molecular formula is C19H20N8O2S2. The lowest BCUT2D eigenvalue weighted by Gasteiger charge is -2.31. The maximum absolute atomic E-state index is 12.8. The van der Waals surface area contributed by atoms with E-state index in [1.165, 1.54) is 4.31 Å². The van der Waals surface area contributed by atoms with E-state index in [0.29, 0.717) is 54.1 Å². The number of sulfonamides is 1. The highest BCUT2D eigenvalue weighted by Gasteiger charge is 2.27. The fourth-order valence-corrected chi connectivity index (χ4v) is 5.21. The topological polar surface area (TPSA) is 141 Å². The van der Waals surface area contributed by atoms with Crippen molar-refractivity contribution in [3.63, 3.8) is 0 Å². The van der Waals surface area contributed by atoms with Gasteiger partial charge >= 0.3 is 0 Å². The van der Waals surface area contributed by atoms with Crippen molar-refractivity contribution in [1.29, 1.82) is 5.26 Å². The van der Waals surface area contributed by atoms with E-state index in [2.05, 4.69) is 31.2 Å². The number of nitrogen functional groups attached to an aromatic ring is 1. The fraction of sp³-hybridized carbons (Fsp3) is 0.263. The van der Waals surface area contributed by atoms with Gasteiger partial charge in [0.15, 0.2) is 5.13 Å². The molecule has 3 N–H and O–H groups in total. The summed E-state index contributed by atoms with van der Waals surface area (Å²) in [5.41, 5.74) is 7.21. The molecule has 2 aromatic heterocycles. The zero-order valence-electron chi connectivity index (χ0n) is 16.7. The van der Waals surface area contributed by atoms with Crippen molar-refractivity contribution in [2.75, 3.05) is 44.3 Å². The van der Waals surface area contributed by atoms with Crippen LogP contribution in [0.15, 0.2) is 41.4 Å². The first-order valence-corrected chi connectivity index (χ1v) is 11.7. The summed E-state index contributed by atoms with van der Waals surface area (Å²) >= 11 is 1.10. The normalized spacial score (nSPS) is 15.5. The second-order valence-corrected chi connectivity index (χ2v) is 9.93. The van der Waals surface area contributed by atoms with Gasteiger partial charge in [0.2, 0.25) is 16.0 Å². The van der Waals surface area contributed by atoms with Gasteiger partial charge in [-0.3, -0.25) is 0 Å². The summed E-state index contributed by atoms with van der Waals surface area (Å²) in [4.78, 5) is 15.5. The van der Waals surface area contributed by atoms with Gasteiger partial charge in [0, 0.05) is 38.1 Å². The van der Waals surface area contributed by atoms with Crippen molar-refractivity contribution in [2.24, 2.45) is 0 Å². The molecule has 31 heavy (non-hydrogen) atoms. The molecule has 1 aromatic carbocycles. The zero-order valence-corrected chi connectivity index (χ0v) is 18.3. The van der Waals surface area contributed by atoms with Gasteiger partial charge in [-0.1, -0.05) is 11.3 Å². The third kappa shape index (κ3) is 4.49.